The first kappa shape index (κ1) is 22.3. The Morgan fingerprint density at radius 1 is 0.909 bits per heavy atom. The summed E-state index contributed by atoms with van der Waals surface area (Å²) in [6, 6.07) is 27.8. The second-order valence-electron chi connectivity index (χ2n) is 9.04. The van der Waals surface area contributed by atoms with Crippen LogP contribution in [0.15, 0.2) is 84.9 Å². The number of rotatable bonds is 6. The summed E-state index contributed by atoms with van der Waals surface area (Å²) in [5.74, 6) is 0.380. The average Bonchev–Trinajstić information content (AvgIpc) is 3.25. The van der Waals surface area contributed by atoms with E-state index in [1.807, 2.05) is 84.9 Å². The van der Waals surface area contributed by atoms with Gasteiger partial charge in [-0.05, 0) is 34.9 Å². The van der Waals surface area contributed by atoms with Crippen LogP contribution >= 0.6 is 0 Å². The Balaban J connectivity index is 1.69. The molecule has 0 spiro atoms. The van der Waals surface area contributed by atoms with Crippen LogP contribution in [0, 0.1) is 0 Å². The number of nitrogens with zero attached hydrogens (tertiary/aromatic N) is 2. The van der Waals surface area contributed by atoms with E-state index < -0.39 is 0 Å². The summed E-state index contributed by atoms with van der Waals surface area (Å²) in [6.07, 6.45) is 0. The highest BCUT2D eigenvalue weighted by molar-refractivity contribution is 6.04. The van der Waals surface area contributed by atoms with Crippen molar-refractivity contribution in [3.8, 4) is 16.9 Å². The van der Waals surface area contributed by atoms with E-state index in [0.717, 1.165) is 22.4 Å². The Labute approximate surface area is 195 Å². The number of hydrogen-bond acceptors (Lipinski definition) is 3. The van der Waals surface area contributed by atoms with Gasteiger partial charge in [0.15, 0.2) is 0 Å². The lowest BCUT2D eigenvalue weighted by molar-refractivity contribution is 0.101. The molecule has 1 N–H and O–H groups in total. The zero-order valence-corrected chi connectivity index (χ0v) is 19.5. The number of carbonyl (C=O) groups excluding carboxylic acids is 1. The fourth-order valence-corrected chi connectivity index (χ4v) is 3.65. The predicted molar refractivity (Wildman–Crippen MR) is 133 cm³/mol. The molecule has 1 heterocycles. The zero-order chi connectivity index (χ0) is 23.4. The van der Waals surface area contributed by atoms with E-state index in [9.17, 15) is 4.79 Å². The minimum Gasteiger partial charge on any atom is -0.495 e. The molecule has 1 amide bonds. The van der Waals surface area contributed by atoms with Gasteiger partial charge in [0.25, 0.3) is 5.91 Å². The summed E-state index contributed by atoms with van der Waals surface area (Å²) in [7, 11) is 1.60. The first-order chi connectivity index (χ1) is 15.8. The van der Waals surface area contributed by atoms with Crippen molar-refractivity contribution in [2.45, 2.75) is 32.7 Å². The first-order valence-corrected chi connectivity index (χ1v) is 11.0. The number of anilines is 1. The summed E-state index contributed by atoms with van der Waals surface area (Å²) < 4.78 is 7.30. The lowest BCUT2D eigenvalue weighted by atomic mass is 9.92. The van der Waals surface area contributed by atoms with Gasteiger partial charge in [0.1, 0.15) is 11.4 Å². The first-order valence-electron chi connectivity index (χ1n) is 11.0. The molecule has 0 saturated carbocycles. The summed E-state index contributed by atoms with van der Waals surface area (Å²) in [5.41, 5.74) is 4.97. The van der Waals surface area contributed by atoms with Crippen LogP contribution in [0.25, 0.3) is 11.1 Å². The largest absolute Gasteiger partial charge is 0.495 e. The second kappa shape index (κ2) is 9.33. The van der Waals surface area contributed by atoms with Gasteiger partial charge in [-0.15, -0.1) is 0 Å². The SMILES string of the molecule is COc1ccc(-c2ccccc2)cc1NC(=O)c1cc(C(C)(C)C)nn1Cc1ccccc1. The minimum absolute atomic E-state index is 0.179. The predicted octanol–water partition coefficient (Wildman–Crippen LogP) is 6.16. The highest BCUT2D eigenvalue weighted by atomic mass is 16.5. The number of nitrogens with one attached hydrogen (secondary N) is 1. The number of aromatic nitrogens is 2. The smallest absolute Gasteiger partial charge is 0.274 e. The third kappa shape index (κ3) is 5.14. The Bertz CT molecular complexity index is 1240. The monoisotopic (exact) mass is 439 g/mol. The third-order valence-electron chi connectivity index (χ3n) is 5.51. The highest BCUT2D eigenvalue weighted by Crippen LogP contribution is 2.31. The van der Waals surface area contributed by atoms with Gasteiger partial charge in [0.2, 0.25) is 0 Å². The minimum atomic E-state index is -0.225. The van der Waals surface area contributed by atoms with E-state index in [-0.39, 0.29) is 11.3 Å². The fraction of sp³-hybridized carbons (Fsp3) is 0.214. The van der Waals surface area contributed by atoms with Crippen molar-refractivity contribution in [1.29, 1.82) is 0 Å². The van der Waals surface area contributed by atoms with Crippen LogP contribution in [0.5, 0.6) is 5.75 Å². The summed E-state index contributed by atoms with van der Waals surface area (Å²) >= 11 is 0. The quantitative estimate of drug-likeness (QED) is 0.392. The van der Waals surface area contributed by atoms with E-state index in [1.165, 1.54) is 0 Å². The number of hydrogen-bond donors (Lipinski definition) is 1. The molecule has 0 aliphatic carbocycles. The molecule has 3 aromatic carbocycles. The number of amides is 1. The van der Waals surface area contributed by atoms with Gasteiger partial charge in [-0.3, -0.25) is 9.48 Å². The van der Waals surface area contributed by atoms with Crippen molar-refractivity contribution in [2.75, 3.05) is 12.4 Å². The number of benzene rings is 3. The molecule has 1 aromatic heterocycles. The molecule has 0 atom stereocenters. The lowest BCUT2D eigenvalue weighted by Crippen LogP contribution is -2.19. The van der Waals surface area contributed by atoms with Crippen molar-refractivity contribution in [3.63, 3.8) is 0 Å². The van der Waals surface area contributed by atoms with Crippen molar-refractivity contribution >= 4 is 11.6 Å². The van der Waals surface area contributed by atoms with Crippen LogP contribution in [-0.4, -0.2) is 22.8 Å². The van der Waals surface area contributed by atoms with Crippen LogP contribution in [0.3, 0.4) is 0 Å². The summed E-state index contributed by atoms with van der Waals surface area (Å²) in [6.45, 7) is 6.80. The van der Waals surface area contributed by atoms with Gasteiger partial charge >= 0.3 is 0 Å². The van der Waals surface area contributed by atoms with E-state index >= 15 is 0 Å². The van der Waals surface area contributed by atoms with Crippen molar-refractivity contribution in [1.82, 2.24) is 9.78 Å². The van der Waals surface area contributed by atoms with Crippen molar-refractivity contribution in [2.24, 2.45) is 0 Å². The van der Waals surface area contributed by atoms with Gasteiger partial charge in [-0.2, -0.15) is 5.10 Å². The van der Waals surface area contributed by atoms with Crippen LogP contribution in [0.2, 0.25) is 0 Å². The summed E-state index contributed by atoms with van der Waals surface area (Å²) in [4.78, 5) is 13.5. The fourth-order valence-electron chi connectivity index (χ4n) is 3.65. The van der Waals surface area contributed by atoms with E-state index in [4.69, 9.17) is 9.84 Å². The maximum Gasteiger partial charge on any atom is 0.274 e. The lowest BCUT2D eigenvalue weighted by Gasteiger charge is -2.14. The van der Waals surface area contributed by atoms with Gasteiger partial charge in [-0.25, -0.2) is 0 Å². The molecule has 0 aliphatic heterocycles. The molecule has 0 radical (unpaired) electrons. The topological polar surface area (TPSA) is 56.1 Å². The maximum atomic E-state index is 13.5. The van der Waals surface area contributed by atoms with Crippen LogP contribution in [0.1, 0.15) is 42.5 Å². The average molecular weight is 440 g/mol. The van der Waals surface area contributed by atoms with E-state index in [1.54, 1.807) is 11.8 Å². The number of methoxy groups -OCH3 is 1. The number of ether oxygens (including phenoxy) is 1. The van der Waals surface area contributed by atoms with E-state index in [2.05, 4.69) is 26.1 Å². The zero-order valence-electron chi connectivity index (χ0n) is 19.5. The van der Waals surface area contributed by atoms with Gasteiger partial charge in [-0.1, -0.05) is 87.5 Å². The molecule has 168 valence electrons. The van der Waals surface area contributed by atoms with E-state index in [0.29, 0.717) is 23.7 Å². The Hall–Kier alpha value is -3.86. The molecule has 0 bridgehead atoms. The molecule has 0 saturated heterocycles. The van der Waals surface area contributed by atoms with Gasteiger partial charge < -0.3 is 10.1 Å². The molecule has 0 fully saturated rings. The normalized spacial score (nSPS) is 11.3. The molecule has 5 heteroatoms. The molecule has 4 aromatic rings. The van der Waals surface area contributed by atoms with Crippen LogP contribution < -0.4 is 10.1 Å². The standard InChI is InChI=1S/C28H29N3O2/c1-28(2,3)26-18-24(31(30-26)19-20-11-7-5-8-12-20)27(32)29-23-17-22(15-16-25(23)33-4)21-13-9-6-10-14-21/h5-18H,19H2,1-4H3,(H,29,32). The van der Waals surface area contributed by atoms with Crippen LogP contribution in [0.4, 0.5) is 5.69 Å². The highest BCUT2D eigenvalue weighted by Gasteiger charge is 2.24. The Kier molecular flexibility index (Phi) is 6.31. The molecule has 4 rings (SSSR count). The molecule has 33 heavy (non-hydrogen) atoms. The van der Waals surface area contributed by atoms with Gasteiger partial charge in [0.05, 0.1) is 25.0 Å². The molecule has 0 unspecified atom stereocenters. The van der Waals surface area contributed by atoms with Crippen molar-refractivity contribution < 1.29 is 9.53 Å². The number of carbonyl (C=O) groups is 1. The molecular weight excluding hydrogens is 410 g/mol. The van der Waals surface area contributed by atoms with Gasteiger partial charge in [0, 0.05) is 5.41 Å². The molecular formula is C28H29N3O2. The molecule has 0 aliphatic rings. The summed E-state index contributed by atoms with van der Waals surface area (Å²) in [5, 5.41) is 7.83. The third-order valence-corrected chi connectivity index (χ3v) is 5.51. The molecule has 5 nitrogen and oxygen atoms in total. The Morgan fingerprint density at radius 2 is 1.58 bits per heavy atom. The maximum absolute atomic E-state index is 13.5. The second-order valence-corrected chi connectivity index (χ2v) is 9.04. The van der Waals surface area contributed by atoms with Crippen LogP contribution in [-0.2, 0) is 12.0 Å². The Morgan fingerprint density at radius 3 is 2.21 bits per heavy atom. The van der Waals surface area contributed by atoms with Crippen molar-refractivity contribution in [3.05, 3.63) is 102 Å².